The lowest BCUT2D eigenvalue weighted by Gasteiger charge is -2.09. The van der Waals surface area contributed by atoms with Crippen LogP contribution in [0.15, 0.2) is 53.4 Å². The molecule has 0 saturated carbocycles. The van der Waals surface area contributed by atoms with Crippen molar-refractivity contribution >= 4 is 15.5 Å². The highest BCUT2D eigenvalue weighted by Crippen LogP contribution is 2.26. The maximum Gasteiger partial charge on any atom is 0.269 e. The number of non-ortho nitro benzene ring substituents is 1. The van der Waals surface area contributed by atoms with Gasteiger partial charge in [-0.3, -0.25) is 10.1 Å². The summed E-state index contributed by atoms with van der Waals surface area (Å²) in [6, 6.07) is 11.8. The zero-order chi connectivity index (χ0) is 15.5. The number of methoxy groups -OCH3 is 1. The first-order chi connectivity index (χ1) is 9.94. The van der Waals surface area contributed by atoms with Gasteiger partial charge in [-0.25, -0.2) is 8.42 Å². The minimum absolute atomic E-state index is 0.0755. The molecule has 0 unspecified atom stereocenters. The summed E-state index contributed by atoms with van der Waals surface area (Å²) < 4.78 is 29.8. The molecule has 0 N–H and O–H groups in total. The van der Waals surface area contributed by atoms with Gasteiger partial charge >= 0.3 is 0 Å². The lowest BCUT2D eigenvalue weighted by atomic mass is 10.2. The summed E-state index contributed by atoms with van der Waals surface area (Å²) in [6.45, 7) is 0. The molecule has 7 heteroatoms. The van der Waals surface area contributed by atoms with Crippen LogP contribution in [0, 0.1) is 10.1 Å². The van der Waals surface area contributed by atoms with Gasteiger partial charge in [0, 0.05) is 12.1 Å². The second kappa shape index (κ2) is 5.92. The molecule has 0 bridgehead atoms. The molecule has 2 aromatic rings. The predicted molar refractivity (Wildman–Crippen MR) is 77.0 cm³/mol. The van der Waals surface area contributed by atoms with Crippen molar-refractivity contribution in [3.63, 3.8) is 0 Å². The van der Waals surface area contributed by atoms with Crippen molar-refractivity contribution in [2.75, 3.05) is 7.11 Å². The highest BCUT2D eigenvalue weighted by atomic mass is 32.2. The van der Waals surface area contributed by atoms with Crippen molar-refractivity contribution in [1.29, 1.82) is 0 Å². The van der Waals surface area contributed by atoms with Crippen molar-refractivity contribution in [3.8, 4) is 5.75 Å². The Kier molecular flexibility index (Phi) is 4.23. The summed E-state index contributed by atoms with van der Waals surface area (Å²) in [4.78, 5) is 10.1. The third-order valence-corrected chi connectivity index (χ3v) is 4.63. The molecule has 0 atom stereocenters. The van der Waals surface area contributed by atoms with E-state index in [1.807, 2.05) is 0 Å². The topological polar surface area (TPSA) is 86.5 Å². The van der Waals surface area contributed by atoms with Crippen LogP contribution < -0.4 is 4.74 Å². The van der Waals surface area contributed by atoms with Gasteiger partial charge in [0.15, 0.2) is 9.84 Å². The van der Waals surface area contributed by atoms with E-state index in [-0.39, 0.29) is 22.1 Å². The summed E-state index contributed by atoms with van der Waals surface area (Å²) in [7, 11) is -2.18. The molecule has 0 amide bonds. The van der Waals surface area contributed by atoms with Crippen molar-refractivity contribution in [3.05, 3.63) is 64.2 Å². The monoisotopic (exact) mass is 307 g/mol. The van der Waals surface area contributed by atoms with Crippen LogP contribution in [0.5, 0.6) is 5.75 Å². The largest absolute Gasteiger partial charge is 0.495 e. The van der Waals surface area contributed by atoms with Gasteiger partial charge < -0.3 is 4.74 Å². The van der Waals surface area contributed by atoms with E-state index in [9.17, 15) is 18.5 Å². The molecular weight excluding hydrogens is 294 g/mol. The lowest BCUT2D eigenvalue weighted by Crippen LogP contribution is -2.06. The molecule has 0 fully saturated rings. The van der Waals surface area contributed by atoms with Gasteiger partial charge in [-0.05, 0) is 17.7 Å². The van der Waals surface area contributed by atoms with Gasteiger partial charge in [0.1, 0.15) is 10.6 Å². The lowest BCUT2D eigenvalue weighted by molar-refractivity contribution is -0.384. The Morgan fingerprint density at radius 1 is 1.10 bits per heavy atom. The molecule has 110 valence electrons. The fraction of sp³-hybridized carbons (Fsp3) is 0.143. The average Bonchev–Trinajstić information content (AvgIpc) is 2.47. The number of rotatable bonds is 5. The molecule has 0 aliphatic carbocycles. The van der Waals surface area contributed by atoms with E-state index in [1.54, 1.807) is 18.2 Å². The van der Waals surface area contributed by atoms with Crippen LogP contribution >= 0.6 is 0 Å². The van der Waals surface area contributed by atoms with Crippen LogP contribution in [0.1, 0.15) is 5.56 Å². The summed E-state index contributed by atoms with van der Waals surface area (Å²) in [6.07, 6.45) is 0. The molecule has 2 aromatic carbocycles. The van der Waals surface area contributed by atoms with Gasteiger partial charge in [0.25, 0.3) is 5.69 Å². The minimum Gasteiger partial charge on any atom is -0.495 e. The van der Waals surface area contributed by atoms with E-state index in [0.29, 0.717) is 5.56 Å². The number of ether oxygens (including phenoxy) is 1. The number of sulfone groups is 1. The summed E-state index contributed by atoms with van der Waals surface area (Å²) in [5.74, 6) is 0.0326. The number of nitrogens with zero attached hydrogens (tertiary/aromatic N) is 1. The van der Waals surface area contributed by atoms with E-state index in [4.69, 9.17) is 4.74 Å². The van der Waals surface area contributed by atoms with E-state index in [0.717, 1.165) is 0 Å². The molecule has 6 nitrogen and oxygen atoms in total. The standard InChI is InChI=1S/C14H13NO5S/c1-20-13-4-2-3-5-14(13)21(18,19)10-11-6-8-12(9-7-11)15(16)17/h2-9H,10H2,1H3. The molecule has 0 radical (unpaired) electrons. The first kappa shape index (κ1) is 15.0. The molecular formula is C14H13NO5S. The van der Waals surface area contributed by atoms with Crippen molar-refractivity contribution in [2.24, 2.45) is 0 Å². The van der Waals surface area contributed by atoms with Gasteiger partial charge in [-0.1, -0.05) is 24.3 Å². The molecule has 0 aliphatic heterocycles. The van der Waals surface area contributed by atoms with E-state index in [1.165, 1.54) is 37.4 Å². The minimum atomic E-state index is -3.58. The van der Waals surface area contributed by atoms with Crippen molar-refractivity contribution in [2.45, 2.75) is 10.6 Å². The Hall–Kier alpha value is -2.41. The summed E-state index contributed by atoms with van der Waals surface area (Å²) >= 11 is 0. The van der Waals surface area contributed by atoms with Crippen LogP contribution in [0.4, 0.5) is 5.69 Å². The molecule has 0 aliphatic rings. The molecule has 0 aromatic heterocycles. The number of para-hydroxylation sites is 1. The highest BCUT2D eigenvalue weighted by molar-refractivity contribution is 7.90. The maximum absolute atomic E-state index is 12.4. The highest BCUT2D eigenvalue weighted by Gasteiger charge is 2.20. The smallest absolute Gasteiger partial charge is 0.269 e. The predicted octanol–water partition coefficient (Wildman–Crippen LogP) is 2.58. The summed E-state index contributed by atoms with van der Waals surface area (Å²) in [5, 5.41) is 10.6. The van der Waals surface area contributed by atoms with Gasteiger partial charge in [0.2, 0.25) is 0 Å². The molecule has 2 rings (SSSR count). The Bertz CT molecular complexity index is 753. The second-order valence-corrected chi connectivity index (χ2v) is 6.29. The number of nitro groups is 1. The van der Waals surface area contributed by atoms with Crippen LogP contribution in [0.3, 0.4) is 0 Å². The number of hydrogen-bond acceptors (Lipinski definition) is 5. The number of hydrogen-bond donors (Lipinski definition) is 0. The maximum atomic E-state index is 12.4. The Balaban J connectivity index is 2.31. The van der Waals surface area contributed by atoms with Crippen LogP contribution in [0.25, 0.3) is 0 Å². The van der Waals surface area contributed by atoms with Gasteiger partial charge in [-0.2, -0.15) is 0 Å². The van der Waals surface area contributed by atoms with Gasteiger partial charge in [-0.15, -0.1) is 0 Å². The van der Waals surface area contributed by atoms with Crippen molar-refractivity contribution in [1.82, 2.24) is 0 Å². The molecule has 21 heavy (non-hydrogen) atoms. The first-order valence-electron chi connectivity index (χ1n) is 6.03. The normalized spacial score (nSPS) is 11.1. The quantitative estimate of drug-likeness (QED) is 0.626. The first-order valence-corrected chi connectivity index (χ1v) is 7.68. The number of benzene rings is 2. The molecule has 0 saturated heterocycles. The number of nitro benzene ring substituents is 1. The third kappa shape index (κ3) is 3.38. The van der Waals surface area contributed by atoms with Crippen molar-refractivity contribution < 1.29 is 18.1 Å². The fourth-order valence-corrected chi connectivity index (χ4v) is 3.42. The second-order valence-electron chi connectivity index (χ2n) is 4.33. The van der Waals surface area contributed by atoms with Crippen LogP contribution in [-0.4, -0.2) is 20.5 Å². The van der Waals surface area contributed by atoms with E-state index >= 15 is 0 Å². The Morgan fingerprint density at radius 2 is 1.71 bits per heavy atom. The average molecular weight is 307 g/mol. The third-order valence-electron chi connectivity index (χ3n) is 2.91. The van der Waals surface area contributed by atoms with Crippen LogP contribution in [0.2, 0.25) is 0 Å². The SMILES string of the molecule is COc1ccccc1S(=O)(=O)Cc1ccc([N+](=O)[O-])cc1. The summed E-state index contributed by atoms with van der Waals surface area (Å²) in [5.41, 5.74) is 0.403. The molecule has 0 spiro atoms. The zero-order valence-corrected chi connectivity index (χ0v) is 12.0. The zero-order valence-electron chi connectivity index (χ0n) is 11.2. The Labute approximate surface area is 122 Å². The van der Waals surface area contributed by atoms with E-state index < -0.39 is 14.8 Å². The van der Waals surface area contributed by atoms with E-state index in [2.05, 4.69) is 0 Å². The van der Waals surface area contributed by atoms with Crippen LogP contribution in [-0.2, 0) is 15.6 Å². The molecule has 0 heterocycles. The fourth-order valence-electron chi connectivity index (χ4n) is 1.89. The Morgan fingerprint density at radius 3 is 2.29 bits per heavy atom. The van der Waals surface area contributed by atoms with Gasteiger partial charge in [0.05, 0.1) is 17.8 Å².